The normalized spacial score (nSPS) is 11.6. The van der Waals surface area contributed by atoms with Crippen LogP contribution in [0.15, 0.2) is 24.3 Å². The van der Waals surface area contributed by atoms with Gasteiger partial charge in [0.05, 0.1) is 0 Å². The Balaban J connectivity index is 2.33. The number of ether oxygens (including phenoxy) is 1. The van der Waals surface area contributed by atoms with E-state index in [1.54, 1.807) is 0 Å². The van der Waals surface area contributed by atoms with E-state index < -0.39 is 5.60 Å². The third-order valence-electron chi connectivity index (χ3n) is 3.69. The van der Waals surface area contributed by atoms with Gasteiger partial charge in [0.15, 0.2) is 0 Å². The second kappa shape index (κ2) is 9.56. The van der Waals surface area contributed by atoms with Crippen molar-refractivity contribution in [1.82, 2.24) is 10.6 Å². The summed E-state index contributed by atoms with van der Waals surface area (Å²) in [5, 5.41) is 6.35. The van der Waals surface area contributed by atoms with E-state index in [2.05, 4.69) is 48.7 Å². The second-order valence-corrected chi connectivity index (χ2v) is 6.89. The van der Waals surface area contributed by atoms with Gasteiger partial charge in [-0.3, -0.25) is 0 Å². The molecule has 0 atom stereocenters. The van der Waals surface area contributed by atoms with Crippen LogP contribution in [-0.4, -0.2) is 24.3 Å². The molecule has 0 aromatic heterocycles. The number of alkyl carbamates (subject to hydrolysis) is 1. The van der Waals surface area contributed by atoms with Crippen LogP contribution < -0.4 is 10.6 Å². The van der Waals surface area contributed by atoms with E-state index in [-0.39, 0.29) is 6.09 Å². The number of carbonyl (C=O) groups is 1. The van der Waals surface area contributed by atoms with Crippen LogP contribution in [0.3, 0.4) is 0 Å². The van der Waals surface area contributed by atoms with Gasteiger partial charge in [0.2, 0.25) is 0 Å². The number of amides is 1. The van der Waals surface area contributed by atoms with Gasteiger partial charge in [-0.05, 0) is 51.2 Å². The first-order valence-corrected chi connectivity index (χ1v) is 8.62. The van der Waals surface area contributed by atoms with Crippen LogP contribution in [-0.2, 0) is 17.7 Å². The van der Waals surface area contributed by atoms with E-state index in [0.717, 1.165) is 25.8 Å². The molecule has 1 aromatic carbocycles. The van der Waals surface area contributed by atoms with E-state index >= 15 is 0 Å². The summed E-state index contributed by atoms with van der Waals surface area (Å²) in [5.41, 5.74) is 2.06. The average molecular weight is 320 g/mol. The highest BCUT2D eigenvalue weighted by Crippen LogP contribution is 2.08. The molecule has 0 fully saturated rings. The van der Waals surface area contributed by atoms with E-state index in [4.69, 9.17) is 4.74 Å². The number of benzene rings is 1. The molecule has 2 N–H and O–H groups in total. The third-order valence-corrected chi connectivity index (χ3v) is 3.69. The van der Waals surface area contributed by atoms with Crippen molar-refractivity contribution in [2.75, 3.05) is 6.54 Å². The first kappa shape index (κ1) is 19.5. The van der Waals surface area contributed by atoms with Crippen molar-refractivity contribution < 1.29 is 9.53 Å². The fourth-order valence-electron chi connectivity index (χ4n) is 2.29. The molecule has 4 heteroatoms. The molecule has 0 heterocycles. The van der Waals surface area contributed by atoms with Gasteiger partial charge in [0, 0.05) is 19.1 Å². The van der Waals surface area contributed by atoms with Crippen molar-refractivity contribution in [2.45, 2.75) is 72.1 Å². The second-order valence-electron chi connectivity index (χ2n) is 6.89. The predicted molar refractivity (Wildman–Crippen MR) is 95.6 cm³/mol. The van der Waals surface area contributed by atoms with Gasteiger partial charge < -0.3 is 15.4 Å². The molecular weight excluding hydrogens is 288 g/mol. The third kappa shape index (κ3) is 8.60. The molecule has 1 rings (SSSR count). The molecular formula is C19H32N2O2. The van der Waals surface area contributed by atoms with Gasteiger partial charge in [-0.2, -0.15) is 0 Å². The van der Waals surface area contributed by atoms with Crippen LogP contribution >= 0.6 is 0 Å². The van der Waals surface area contributed by atoms with Crippen LogP contribution in [0, 0.1) is 0 Å². The van der Waals surface area contributed by atoms with E-state index in [9.17, 15) is 4.79 Å². The molecule has 0 spiro atoms. The molecule has 0 aliphatic heterocycles. The molecule has 0 saturated carbocycles. The van der Waals surface area contributed by atoms with Gasteiger partial charge in [-0.25, -0.2) is 4.79 Å². The Labute approximate surface area is 141 Å². The molecule has 0 bridgehead atoms. The van der Waals surface area contributed by atoms with Crippen molar-refractivity contribution in [3.8, 4) is 0 Å². The smallest absolute Gasteiger partial charge is 0.407 e. The quantitative estimate of drug-likeness (QED) is 0.760. The first-order valence-electron chi connectivity index (χ1n) is 8.62. The van der Waals surface area contributed by atoms with Crippen molar-refractivity contribution >= 4 is 6.09 Å². The molecule has 0 aliphatic carbocycles. The molecule has 1 amide bonds. The van der Waals surface area contributed by atoms with Gasteiger partial charge >= 0.3 is 6.09 Å². The van der Waals surface area contributed by atoms with E-state index in [1.807, 2.05) is 20.8 Å². The Bertz CT molecular complexity index is 459. The number of rotatable bonds is 8. The number of hydrogen-bond donors (Lipinski definition) is 2. The van der Waals surface area contributed by atoms with Crippen molar-refractivity contribution in [3.63, 3.8) is 0 Å². The summed E-state index contributed by atoms with van der Waals surface area (Å²) in [5.74, 6) is 0. The van der Waals surface area contributed by atoms with Crippen LogP contribution in [0.1, 0.15) is 58.6 Å². The molecule has 0 saturated heterocycles. The zero-order valence-electron chi connectivity index (χ0n) is 15.2. The topological polar surface area (TPSA) is 50.4 Å². The minimum Gasteiger partial charge on any atom is -0.444 e. The lowest BCUT2D eigenvalue weighted by atomic mass is 10.1. The summed E-state index contributed by atoms with van der Waals surface area (Å²) in [6.07, 6.45) is 2.76. The van der Waals surface area contributed by atoms with Crippen LogP contribution in [0.25, 0.3) is 0 Å². The molecule has 23 heavy (non-hydrogen) atoms. The maximum atomic E-state index is 11.6. The zero-order chi connectivity index (χ0) is 17.3. The summed E-state index contributed by atoms with van der Waals surface area (Å²) >= 11 is 0. The molecule has 0 aliphatic rings. The standard InChI is InChI=1S/C19H32N2O2/c1-6-17(7-2)21-14-16-10-8-15(9-11-16)12-13-20-18(22)23-19(3,4)5/h8-11,17,21H,6-7,12-14H2,1-5H3,(H,20,22). The molecule has 130 valence electrons. The highest BCUT2D eigenvalue weighted by atomic mass is 16.6. The van der Waals surface area contributed by atoms with Crippen molar-refractivity contribution in [2.24, 2.45) is 0 Å². The number of nitrogens with one attached hydrogen (secondary N) is 2. The van der Waals surface area contributed by atoms with Gasteiger partial charge in [-0.1, -0.05) is 38.1 Å². The lowest BCUT2D eigenvalue weighted by molar-refractivity contribution is 0.0528. The number of carbonyl (C=O) groups excluding carboxylic acids is 1. The van der Waals surface area contributed by atoms with E-state index in [0.29, 0.717) is 12.6 Å². The lowest BCUT2D eigenvalue weighted by Gasteiger charge is -2.19. The summed E-state index contributed by atoms with van der Waals surface area (Å²) < 4.78 is 5.21. The summed E-state index contributed by atoms with van der Waals surface area (Å²) in [4.78, 5) is 11.6. The average Bonchev–Trinajstić information content (AvgIpc) is 2.48. The molecule has 4 nitrogen and oxygen atoms in total. The van der Waals surface area contributed by atoms with Gasteiger partial charge in [-0.15, -0.1) is 0 Å². The monoisotopic (exact) mass is 320 g/mol. The Morgan fingerprint density at radius 1 is 1.09 bits per heavy atom. The Morgan fingerprint density at radius 2 is 1.65 bits per heavy atom. The summed E-state index contributed by atoms with van der Waals surface area (Å²) in [6.45, 7) is 11.5. The summed E-state index contributed by atoms with van der Waals surface area (Å²) in [7, 11) is 0. The first-order chi connectivity index (χ1) is 10.8. The zero-order valence-corrected chi connectivity index (χ0v) is 15.2. The molecule has 0 radical (unpaired) electrons. The van der Waals surface area contributed by atoms with Crippen LogP contribution in [0.5, 0.6) is 0 Å². The van der Waals surface area contributed by atoms with E-state index in [1.165, 1.54) is 11.1 Å². The SMILES string of the molecule is CCC(CC)NCc1ccc(CCNC(=O)OC(C)(C)C)cc1. The largest absolute Gasteiger partial charge is 0.444 e. The van der Waals surface area contributed by atoms with Crippen molar-refractivity contribution in [3.05, 3.63) is 35.4 Å². The maximum absolute atomic E-state index is 11.6. The highest BCUT2D eigenvalue weighted by Gasteiger charge is 2.15. The molecule has 1 aromatic rings. The Morgan fingerprint density at radius 3 is 2.17 bits per heavy atom. The minimum absolute atomic E-state index is 0.358. The predicted octanol–water partition coefficient (Wildman–Crippen LogP) is 4.03. The fraction of sp³-hybridized carbons (Fsp3) is 0.632. The minimum atomic E-state index is -0.451. The lowest BCUT2D eigenvalue weighted by Crippen LogP contribution is -2.33. The number of hydrogen-bond acceptors (Lipinski definition) is 3. The highest BCUT2D eigenvalue weighted by molar-refractivity contribution is 5.67. The summed E-state index contributed by atoms with van der Waals surface area (Å²) in [6, 6.07) is 9.14. The maximum Gasteiger partial charge on any atom is 0.407 e. The Hall–Kier alpha value is -1.55. The molecule has 0 unspecified atom stereocenters. The Kier molecular flexibility index (Phi) is 8.10. The van der Waals surface area contributed by atoms with Crippen LogP contribution in [0.2, 0.25) is 0 Å². The van der Waals surface area contributed by atoms with Crippen LogP contribution in [0.4, 0.5) is 4.79 Å². The fourth-order valence-corrected chi connectivity index (χ4v) is 2.29. The van der Waals surface area contributed by atoms with Gasteiger partial charge in [0.1, 0.15) is 5.60 Å². The van der Waals surface area contributed by atoms with Crippen molar-refractivity contribution in [1.29, 1.82) is 0 Å². The van der Waals surface area contributed by atoms with Gasteiger partial charge in [0.25, 0.3) is 0 Å².